The molecule has 0 bridgehead atoms. The van der Waals surface area contributed by atoms with Crippen molar-refractivity contribution >= 4 is 11.0 Å². The van der Waals surface area contributed by atoms with Gasteiger partial charge >= 0.3 is 5.76 Å². The summed E-state index contributed by atoms with van der Waals surface area (Å²) in [7, 11) is 3.21. The van der Waals surface area contributed by atoms with Gasteiger partial charge in [0, 0.05) is 12.1 Å². The molecule has 0 amide bonds. The maximum absolute atomic E-state index is 12.2. The Labute approximate surface area is 127 Å². The summed E-state index contributed by atoms with van der Waals surface area (Å²) < 4.78 is 17.3. The molecule has 0 radical (unpaired) electrons. The van der Waals surface area contributed by atoms with Crippen LogP contribution in [0.15, 0.2) is 51.8 Å². The highest BCUT2D eigenvalue weighted by Gasteiger charge is 2.17. The van der Waals surface area contributed by atoms with E-state index in [9.17, 15) is 4.79 Å². The average molecular weight is 298 g/mol. The first-order valence-electron chi connectivity index (χ1n) is 6.81. The Kier molecular flexibility index (Phi) is 3.55. The molecule has 0 aliphatic rings. The lowest BCUT2D eigenvalue weighted by Crippen LogP contribution is -2.46. The van der Waals surface area contributed by atoms with Crippen molar-refractivity contribution in [2.75, 3.05) is 14.2 Å². The van der Waals surface area contributed by atoms with E-state index in [1.54, 1.807) is 44.7 Å². The number of rotatable bonds is 3. The van der Waals surface area contributed by atoms with E-state index in [0.717, 1.165) is 22.4 Å². The molecule has 112 valence electrons. The molecule has 0 saturated heterocycles. The van der Waals surface area contributed by atoms with Crippen LogP contribution in [0.3, 0.4) is 0 Å². The van der Waals surface area contributed by atoms with Gasteiger partial charge in [-0.25, -0.2) is 0 Å². The zero-order valence-electron chi connectivity index (χ0n) is 12.6. The van der Waals surface area contributed by atoms with Gasteiger partial charge in [0.1, 0.15) is 11.5 Å². The quantitative estimate of drug-likeness (QED) is 0.697. The fourth-order valence-electron chi connectivity index (χ4n) is 2.37. The lowest BCUT2D eigenvalue weighted by atomic mass is 10.1. The Bertz CT molecular complexity index is 882. The van der Waals surface area contributed by atoms with Crippen molar-refractivity contribution < 1.29 is 18.5 Å². The number of hydrogen-bond acceptors (Lipinski definition) is 4. The van der Waals surface area contributed by atoms with Crippen LogP contribution in [-0.4, -0.2) is 14.2 Å². The molecule has 5 heteroatoms. The van der Waals surface area contributed by atoms with Gasteiger partial charge in [0.05, 0.1) is 19.6 Å². The summed E-state index contributed by atoms with van der Waals surface area (Å²) in [6, 6.07) is 10.9. The molecular weight excluding hydrogens is 282 g/mol. The summed E-state index contributed by atoms with van der Waals surface area (Å²) in [5, 5.41) is 0.798. The molecule has 0 atom stereocenters. The number of nitrogens with zero attached hydrogens (tertiary/aromatic N) is 1. The topological polar surface area (TPSA) is 52.6 Å². The van der Waals surface area contributed by atoms with Gasteiger partial charge < -0.3 is 13.9 Å². The molecule has 1 aromatic heterocycles. The van der Waals surface area contributed by atoms with E-state index in [1.807, 2.05) is 19.1 Å². The fraction of sp³-hybridized carbons (Fsp3) is 0.176. The number of ether oxygens (including phenoxy) is 2. The van der Waals surface area contributed by atoms with Crippen LogP contribution in [0.4, 0.5) is 0 Å². The van der Waals surface area contributed by atoms with Crippen molar-refractivity contribution in [2.45, 2.75) is 6.92 Å². The third kappa shape index (κ3) is 2.41. The molecule has 3 rings (SSSR count). The summed E-state index contributed by atoms with van der Waals surface area (Å²) in [6.45, 7) is 1.88. The van der Waals surface area contributed by atoms with Crippen LogP contribution in [0.5, 0.6) is 11.5 Å². The molecule has 0 unspecified atom stereocenters. The standard InChI is InChI=1S/C17H16NO4/c1-11-8-15(21-3)9-12-10-18(17(19)22-16(11)12)13-4-6-14(20-2)7-5-13/h4-10H,1-3H3/q+1. The first-order chi connectivity index (χ1) is 10.6. The first kappa shape index (κ1) is 14.1. The van der Waals surface area contributed by atoms with Crippen molar-refractivity contribution in [2.24, 2.45) is 0 Å². The number of hydrogen-bond donors (Lipinski definition) is 0. The molecule has 0 N–H and O–H groups in total. The molecule has 0 aliphatic carbocycles. The minimum Gasteiger partial charge on any atom is -0.497 e. The van der Waals surface area contributed by atoms with E-state index < -0.39 is 5.76 Å². The van der Waals surface area contributed by atoms with Crippen LogP contribution in [0.2, 0.25) is 0 Å². The van der Waals surface area contributed by atoms with Gasteiger partial charge in [-0.1, -0.05) is 4.57 Å². The molecule has 22 heavy (non-hydrogen) atoms. The molecule has 1 heterocycles. The third-order valence-corrected chi connectivity index (χ3v) is 3.52. The van der Waals surface area contributed by atoms with Crippen LogP contribution >= 0.6 is 0 Å². The van der Waals surface area contributed by atoms with E-state index >= 15 is 0 Å². The normalized spacial score (nSPS) is 10.7. The lowest BCUT2D eigenvalue weighted by Gasteiger charge is -2.04. The minimum atomic E-state index is -0.439. The number of methoxy groups -OCH3 is 2. The van der Waals surface area contributed by atoms with Crippen LogP contribution in [0.25, 0.3) is 16.7 Å². The molecule has 0 saturated carbocycles. The van der Waals surface area contributed by atoms with E-state index in [-0.39, 0.29) is 0 Å². The molecule has 3 aromatic rings. The number of benzene rings is 2. The van der Waals surface area contributed by atoms with Crippen LogP contribution in [0, 0.1) is 6.92 Å². The minimum absolute atomic E-state index is 0.439. The highest BCUT2D eigenvalue weighted by molar-refractivity contribution is 5.80. The highest BCUT2D eigenvalue weighted by atomic mass is 16.5. The molecular formula is C17H16NO4+. The van der Waals surface area contributed by atoms with Gasteiger partial charge in [0.15, 0.2) is 11.8 Å². The second-order valence-electron chi connectivity index (χ2n) is 4.93. The maximum Gasteiger partial charge on any atom is 0.608 e. The van der Waals surface area contributed by atoms with Crippen LogP contribution < -0.4 is 19.8 Å². The largest absolute Gasteiger partial charge is 0.608 e. The third-order valence-electron chi connectivity index (χ3n) is 3.52. The summed E-state index contributed by atoms with van der Waals surface area (Å²) >= 11 is 0. The maximum atomic E-state index is 12.2. The van der Waals surface area contributed by atoms with E-state index in [2.05, 4.69) is 0 Å². The summed E-state index contributed by atoms with van der Waals surface area (Å²) in [4.78, 5) is 12.2. The fourth-order valence-corrected chi connectivity index (χ4v) is 2.37. The Hall–Kier alpha value is -2.82. The Morgan fingerprint density at radius 2 is 1.68 bits per heavy atom. The van der Waals surface area contributed by atoms with E-state index in [4.69, 9.17) is 13.9 Å². The van der Waals surface area contributed by atoms with E-state index in [1.165, 1.54) is 4.57 Å². The predicted molar refractivity (Wildman–Crippen MR) is 81.9 cm³/mol. The molecule has 2 aromatic carbocycles. The summed E-state index contributed by atoms with van der Waals surface area (Å²) in [5.41, 5.74) is 2.13. The van der Waals surface area contributed by atoms with Crippen molar-refractivity contribution in [1.29, 1.82) is 0 Å². The summed E-state index contributed by atoms with van der Waals surface area (Å²) in [6.07, 6.45) is 1.75. The second kappa shape index (κ2) is 5.52. The van der Waals surface area contributed by atoms with Crippen LogP contribution in [-0.2, 0) is 0 Å². The van der Waals surface area contributed by atoms with E-state index in [0.29, 0.717) is 11.3 Å². The Morgan fingerprint density at radius 3 is 2.32 bits per heavy atom. The van der Waals surface area contributed by atoms with Crippen LogP contribution in [0.1, 0.15) is 5.56 Å². The van der Waals surface area contributed by atoms with Gasteiger partial charge in [-0.05, 0) is 36.8 Å². The first-order valence-corrected chi connectivity index (χ1v) is 6.81. The smallest absolute Gasteiger partial charge is 0.497 e. The summed E-state index contributed by atoms with van der Waals surface area (Å²) in [5.74, 6) is 1.01. The number of aryl methyl sites for hydroxylation is 1. The van der Waals surface area contributed by atoms with Crippen molar-refractivity contribution in [1.82, 2.24) is 0 Å². The monoisotopic (exact) mass is 298 g/mol. The lowest BCUT2D eigenvalue weighted by molar-refractivity contribution is -0.623. The van der Waals surface area contributed by atoms with Crippen molar-refractivity contribution in [3.63, 3.8) is 0 Å². The zero-order chi connectivity index (χ0) is 15.7. The SMILES string of the molecule is COc1ccc(-[n+]2cc3cc(OC)cc(C)c3oc2=O)cc1. The molecule has 0 aliphatic heterocycles. The van der Waals surface area contributed by atoms with Gasteiger partial charge in [-0.3, -0.25) is 0 Å². The average Bonchev–Trinajstić information content (AvgIpc) is 2.55. The molecule has 0 fully saturated rings. The van der Waals surface area contributed by atoms with Crippen molar-refractivity contribution in [3.05, 3.63) is 58.7 Å². The van der Waals surface area contributed by atoms with Gasteiger partial charge in [0.25, 0.3) is 0 Å². The van der Waals surface area contributed by atoms with Gasteiger partial charge in [0.2, 0.25) is 5.69 Å². The second-order valence-corrected chi connectivity index (χ2v) is 4.93. The van der Waals surface area contributed by atoms with Crippen molar-refractivity contribution in [3.8, 4) is 17.2 Å². The predicted octanol–water partition coefficient (Wildman–Crippen LogP) is 2.40. The number of aromatic nitrogens is 1. The highest BCUT2D eigenvalue weighted by Crippen LogP contribution is 2.23. The number of fused-ring (bicyclic) bond motifs is 1. The Morgan fingerprint density at radius 1 is 1.00 bits per heavy atom. The Balaban J connectivity index is 2.21. The van der Waals surface area contributed by atoms with Gasteiger partial charge in [-0.15, -0.1) is 0 Å². The molecule has 5 nitrogen and oxygen atoms in total. The molecule has 0 spiro atoms. The zero-order valence-corrected chi connectivity index (χ0v) is 12.6. The van der Waals surface area contributed by atoms with Gasteiger partial charge in [-0.2, -0.15) is 4.79 Å².